The highest BCUT2D eigenvalue weighted by molar-refractivity contribution is 5.88. The molecule has 0 unspecified atom stereocenters. The van der Waals surface area contributed by atoms with E-state index in [1.165, 1.54) is 17.0 Å². The molecule has 1 aromatic heterocycles. The summed E-state index contributed by atoms with van der Waals surface area (Å²) in [5.74, 6) is -1.02. The molecule has 0 amide bonds. The van der Waals surface area contributed by atoms with Crippen LogP contribution in [0.5, 0.6) is 0 Å². The molecule has 0 bridgehead atoms. The molecule has 0 radical (unpaired) electrons. The Kier molecular flexibility index (Phi) is 3.05. The number of hydrogen-bond donors (Lipinski definition) is 1. The van der Waals surface area contributed by atoms with Gasteiger partial charge in [0.2, 0.25) is 0 Å². The van der Waals surface area contributed by atoms with E-state index in [1.54, 1.807) is 6.92 Å². The van der Waals surface area contributed by atoms with Crippen molar-refractivity contribution in [3.63, 3.8) is 0 Å². The van der Waals surface area contributed by atoms with Crippen molar-refractivity contribution in [3.8, 4) is 5.69 Å². The number of alkyl halides is 3. The fourth-order valence-electron chi connectivity index (χ4n) is 1.74. The summed E-state index contributed by atoms with van der Waals surface area (Å²) in [6.45, 7) is 1.56. The first-order valence-electron chi connectivity index (χ1n) is 5.25. The third-order valence-corrected chi connectivity index (χ3v) is 2.63. The quantitative estimate of drug-likeness (QED) is 0.912. The number of aryl methyl sites for hydroxylation is 1. The molecule has 1 aromatic carbocycles. The van der Waals surface area contributed by atoms with Crippen LogP contribution in [0.25, 0.3) is 5.69 Å². The van der Waals surface area contributed by atoms with Crippen molar-refractivity contribution in [2.24, 2.45) is 0 Å². The van der Waals surface area contributed by atoms with Crippen LogP contribution in [0.15, 0.2) is 30.6 Å². The number of hydrogen-bond acceptors (Lipinski definition) is 2. The van der Waals surface area contributed by atoms with Crippen LogP contribution in [0.1, 0.15) is 21.7 Å². The lowest BCUT2D eigenvalue weighted by molar-refractivity contribution is -0.137. The van der Waals surface area contributed by atoms with Gasteiger partial charge in [0.25, 0.3) is 0 Å². The molecule has 0 atom stereocenters. The highest BCUT2D eigenvalue weighted by atomic mass is 19.4. The summed E-state index contributed by atoms with van der Waals surface area (Å²) in [5.41, 5.74) is -1.56. The molecule has 2 aromatic rings. The third-order valence-electron chi connectivity index (χ3n) is 2.63. The lowest BCUT2D eigenvalue weighted by atomic mass is 10.1. The number of aromatic carboxylic acids is 1. The smallest absolute Gasteiger partial charge is 0.418 e. The van der Waals surface area contributed by atoms with Gasteiger partial charge in [0, 0.05) is 12.4 Å². The fraction of sp³-hybridized carbons (Fsp3) is 0.167. The van der Waals surface area contributed by atoms with Crippen LogP contribution in [0.3, 0.4) is 0 Å². The average Bonchev–Trinajstić information content (AvgIpc) is 2.73. The zero-order chi connectivity index (χ0) is 14.2. The van der Waals surface area contributed by atoms with Crippen LogP contribution >= 0.6 is 0 Å². The molecular weight excluding hydrogens is 261 g/mol. The van der Waals surface area contributed by atoms with Gasteiger partial charge in [0.05, 0.1) is 16.8 Å². The normalized spacial score (nSPS) is 11.6. The van der Waals surface area contributed by atoms with Gasteiger partial charge in [0.15, 0.2) is 0 Å². The van der Waals surface area contributed by atoms with Crippen LogP contribution in [-0.4, -0.2) is 20.6 Å². The van der Waals surface area contributed by atoms with Crippen molar-refractivity contribution >= 4 is 5.97 Å². The van der Waals surface area contributed by atoms with Crippen LogP contribution in [0.2, 0.25) is 0 Å². The van der Waals surface area contributed by atoms with Crippen LogP contribution in [0.4, 0.5) is 13.2 Å². The molecule has 0 aliphatic heterocycles. The predicted molar refractivity (Wildman–Crippen MR) is 60.3 cm³/mol. The number of halogens is 3. The monoisotopic (exact) mass is 270 g/mol. The van der Waals surface area contributed by atoms with E-state index in [0.29, 0.717) is 11.9 Å². The first-order valence-corrected chi connectivity index (χ1v) is 5.25. The summed E-state index contributed by atoms with van der Waals surface area (Å²) in [6.07, 6.45) is -1.88. The van der Waals surface area contributed by atoms with Crippen molar-refractivity contribution in [3.05, 3.63) is 47.5 Å². The molecule has 100 valence electrons. The van der Waals surface area contributed by atoms with Crippen molar-refractivity contribution < 1.29 is 23.1 Å². The number of nitrogens with zero attached hydrogens (tertiary/aromatic N) is 2. The van der Waals surface area contributed by atoms with E-state index in [2.05, 4.69) is 4.98 Å². The first-order chi connectivity index (χ1) is 8.80. The number of aromatic nitrogens is 2. The van der Waals surface area contributed by atoms with Crippen LogP contribution in [-0.2, 0) is 6.18 Å². The molecule has 0 saturated carbocycles. The zero-order valence-electron chi connectivity index (χ0n) is 9.77. The van der Waals surface area contributed by atoms with Gasteiger partial charge in [-0.05, 0) is 25.1 Å². The Labute approximate surface area is 106 Å². The number of imidazole rings is 1. The molecule has 0 fully saturated rings. The van der Waals surface area contributed by atoms with Crippen molar-refractivity contribution in [2.75, 3.05) is 0 Å². The Morgan fingerprint density at radius 2 is 2.05 bits per heavy atom. The Balaban J connectivity index is 2.68. The summed E-state index contributed by atoms with van der Waals surface area (Å²) in [6, 6.07) is 2.88. The van der Waals surface area contributed by atoms with E-state index >= 15 is 0 Å². The maximum Gasteiger partial charge on any atom is 0.418 e. The van der Waals surface area contributed by atoms with Gasteiger partial charge >= 0.3 is 12.1 Å². The molecular formula is C12H9F3N2O2. The van der Waals surface area contributed by atoms with E-state index in [4.69, 9.17) is 5.11 Å². The Morgan fingerprint density at radius 3 is 2.53 bits per heavy atom. The second-order valence-corrected chi connectivity index (χ2v) is 3.88. The van der Waals surface area contributed by atoms with Gasteiger partial charge < -0.3 is 9.67 Å². The molecule has 4 nitrogen and oxygen atoms in total. The minimum absolute atomic E-state index is 0.146. The number of carbonyl (C=O) groups is 1. The zero-order valence-corrected chi connectivity index (χ0v) is 9.77. The van der Waals surface area contributed by atoms with Gasteiger partial charge in [-0.3, -0.25) is 0 Å². The lowest BCUT2D eigenvalue weighted by Crippen LogP contribution is -2.13. The SMILES string of the molecule is Cc1nccn1-c1ccc(C(=O)O)cc1C(F)(F)F. The highest BCUT2D eigenvalue weighted by Crippen LogP contribution is 2.34. The number of carboxylic acids is 1. The van der Waals surface area contributed by atoms with E-state index in [9.17, 15) is 18.0 Å². The fourth-order valence-corrected chi connectivity index (χ4v) is 1.74. The maximum absolute atomic E-state index is 13.0. The molecule has 19 heavy (non-hydrogen) atoms. The summed E-state index contributed by atoms with van der Waals surface area (Å²) >= 11 is 0. The molecule has 0 spiro atoms. The predicted octanol–water partition coefficient (Wildman–Crippen LogP) is 2.90. The standard InChI is InChI=1S/C12H9F3N2O2/c1-7-16-4-5-17(7)10-3-2-8(11(18)19)6-9(10)12(13,14)15/h2-6H,1H3,(H,18,19). The molecule has 1 N–H and O–H groups in total. The summed E-state index contributed by atoms with van der Waals surface area (Å²) in [5, 5.41) is 8.76. The largest absolute Gasteiger partial charge is 0.478 e. The van der Waals surface area contributed by atoms with Crippen molar-refractivity contribution in [2.45, 2.75) is 13.1 Å². The van der Waals surface area contributed by atoms with Crippen molar-refractivity contribution in [1.82, 2.24) is 9.55 Å². The van der Waals surface area contributed by atoms with Gasteiger partial charge in [0.1, 0.15) is 5.82 Å². The minimum Gasteiger partial charge on any atom is -0.478 e. The molecule has 2 rings (SSSR count). The number of carboxylic acid groups (broad SMARTS) is 1. The van der Waals surface area contributed by atoms with E-state index in [1.807, 2.05) is 0 Å². The van der Waals surface area contributed by atoms with Gasteiger partial charge in [-0.15, -0.1) is 0 Å². The molecule has 0 aliphatic carbocycles. The second kappa shape index (κ2) is 4.42. The van der Waals surface area contributed by atoms with Gasteiger partial charge in [-0.1, -0.05) is 0 Å². The van der Waals surface area contributed by atoms with E-state index in [-0.39, 0.29) is 5.69 Å². The Hall–Kier alpha value is -2.31. The van der Waals surface area contributed by atoms with Crippen LogP contribution < -0.4 is 0 Å². The molecule has 0 aliphatic rings. The highest BCUT2D eigenvalue weighted by Gasteiger charge is 2.35. The number of rotatable bonds is 2. The molecule has 7 heteroatoms. The first kappa shape index (κ1) is 13.1. The Bertz CT molecular complexity index is 632. The topological polar surface area (TPSA) is 55.1 Å². The third kappa shape index (κ3) is 2.44. The average molecular weight is 270 g/mol. The van der Waals surface area contributed by atoms with E-state index in [0.717, 1.165) is 12.1 Å². The van der Waals surface area contributed by atoms with E-state index < -0.39 is 23.3 Å². The van der Waals surface area contributed by atoms with Gasteiger partial charge in [-0.2, -0.15) is 13.2 Å². The van der Waals surface area contributed by atoms with Gasteiger partial charge in [-0.25, -0.2) is 9.78 Å². The minimum atomic E-state index is -4.64. The molecule has 1 heterocycles. The number of benzene rings is 1. The maximum atomic E-state index is 13.0. The van der Waals surface area contributed by atoms with Crippen molar-refractivity contribution in [1.29, 1.82) is 0 Å². The second-order valence-electron chi connectivity index (χ2n) is 3.88. The summed E-state index contributed by atoms with van der Waals surface area (Å²) in [7, 11) is 0. The Morgan fingerprint density at radius 1 is 1.37 bits per heavy atom. The van der Waals surface area contributed by atoms with Crippen LogP contribution in [0, 0.1) is 6.92 Å². The lowest BCUT2D eigenvalue weighted by Gasteiger charge is -2.15. The summed E-state index contributed by atoms with van der Waals surface area (Å²) < 4.78 is 40.2. The summed E-state index contributed by atoms with van der Waals surface area (Å²) in [4.78, 5) is 14.6. The molecule has 0 saturated heterocycles.